The maximum atomic E-state index is 12.2. The summed E-state index contributed by atoms with van der Waals surface area (Å²) in [4.78, 5) is 16.3. The maximum absolute atomic E-state index is 12.2. The van der Waals surface area contributed by atoms with Crippen molar-refractivity contribution in [1.82, 2.24) is 14.6 Å². The first-order valence-electron chi connectivity index (χ1n) is 6.28. The molecule has 0 atom stereocenters. The number of carbonyl (C=O) groups excluding carboxylic acids is 1. The van der Waals surface area contributed by atoms with E-state index in [1.807, 2.05) is 0 Å². The molecule has 22 heavy (non-hydrogen) atoms. The second kappa shape index (κ2) is 5.76. The number of halogens is 2. The van der Waals surface area contributed by atoms with Crippen LogP contribution in [0.2, 0.25) is 0 Å². The van der Waals surface area contributed by atoms with Gasteiger partial charge in [-0.25, -0.2) is 9.50 Å². The number of aromatic nitrogens is 3. The lowest BCUT2D eigenvalue weighted by molar-refractivity contribution is -0.0498. The van der Waals surface area contributed by atoms with E-state index in [0.717, 1.165) is 0 Å². The summed E-state index contributed by atoms with van der Waals surface area (Å²) in [6.45, 7) is -2.88. The molecular formula is C14H10F2N4O2. The number of ether oxygens (including phenoxy) is 1. The second-order valence-corrected chi connectivity index (χ2v) is 4.30. The standard InChI is InChI=1S/C14H10F2N4O2/c15-14(16)22-10-4-2-9(3-5-10)19-13(21)11-8-18-20-7-1-6-17-12(11)20/h1-8,14H,(H,19,21). The molecule has 0 radical (unpaired) electrons. The molecule has 112 valence electrons. The molecular weight excluding hydrogens is 294 g/mol. The number of rotatable bonds is 4. The summed E-state index contributed by atoms with van der Waals surface area (Å²) in [6.07, 6.45) is 4.64. The Morgan fingerprint density at radius 3 is 2.77 bits per heavy atom. The van der Waals surface area contributed by atoms with E-state index in [-0.39, 0.29) is 5.75 Å². The van der Waals surface area contributed by atoms with Gasteiger partial charge in [0.2, 0.25) is 0 Å². The molecule has 0 saturated heterocycles. The fourth-order valence-corrected chi connectivity index (χ4v) is 1.91. The van der Waals surface area contributed by atoms with Crippen molar-refractivity contribution in [2.45, 2.75) is 6.61 Å². The first kappa shape index (κ1) is 13.9. The van der Waals surface area contributed by atoms with Gasteiger partial charge in [-0.3, -0.25) is 4.79 Å². The van der Waals surface area contributed by atoms with Crippen LogP contribution in [-0.4, -0.2) is 27.1 Å². The van der Waals surface area contributed by atoms with E-state index in [0.29, 0.717) is 16.9 Å². The van der Waals surface area contributed by atoms with Crippen molar-refractivity contribution in [1.29, 1.82) is 0 Å². The largest absolute Gasteiger partial charge is 0.435 e. The normalized spacial score (nSPS) is 10.9. The summed E-state index contributed by atoms with van der Waals surface area (Å²) < 4.78 is 29.8. The fourth-order valence-electron chi connectivity index (χ4n) is 1.91. The van der Waals surface area contributed by atoms with E-state index in [1.54, 1.807) is 18.5 Å². The van der Waals surface area contributed by atoms with Crippen molar-refractivity contribution in [2.24, 2.45) is 0 Å². The Bertz CT molecular complexity index is 802. The van der Waals surface area contributed by atoms with Gasteiger partial charge in [-0.1, -0.05) is 0 Å². The van der Waals surface area contributed by atoms with E-state index in [1.165, 1.54) is 35.0 Å². The predicted molar refractivity (Wildman–Crippen MR) is 74.0 cm³/mol. The molecule has 0 aliphatic rings. The Morgan fingerprint density at radius 1 is 1.27 bits per heavy atom. The van der Waals surface area contributed by atoms with Crippen molar-refractivity contribution >= 4 is 17.2 Å². The van der Waals surface area contributed by atoms with E-state index in [9.17, 15) is 13.6 Å². The summed E-state index contributed by atoms with van der Waals surface area (Å²) in [5.41, 5.74) is 1.19. The summed E-state index contributed by atoms with van der Waals surface area (Å²) >= 11 is 0. The molecule has 3 aromatic rings. The lowest BCUT2D eigenvalue weighted by Crippen LogP contribution is -2.12. The molecule has 0 fully saturated rings. The average molecular weight is 304 g/mol. The number of hydrogen-bond acceptors (Lipinski definition) is 4. The fraction of sp³-hybridized carbons (Fsp3) is 0.0714. The Balaban J connectivity index is 1.76. The zero-order chi connectivity index (χ0) is 15.5. The van der Waals surface area contributed by atoms with Gasteiger partial charge in [-0.2, -0.15) is 13.9 Å². The first-order chi connectivity index (χ1) is 10.6. The van der Waals surface area contributed by atoms with Gasteiger partial charge in [0.15, 0.2) is 5.65 Å². The van der Waals surface area contributed by atoms with Gasteiger partial charge < -0.3 is 10.1 Å². The quantitative estimate of drug-likeness (QED) is 0.804. The molecule has 1 amide bonds. The molecule has 0 spiro atoms. The zero-order valence-electron chi connectivity index (χ0n) is 11.1. The van der Waals surface area contributed by atoms with Gasteiger partial charge in [0.25, 0.3) is 5.91 Å². The minimum atomic E-state index is -2.88. The van der Waals surface area contributed by atoms with E-state index < -0.39 is 12.5 Å². The number of nitrogens with one attached hydrogen (secondary N) is 1. The van der Waals surface area contributed by atoms with Crippen LogP contribution in [0.3, 0.4) is 0 Å². The van der Waals surface area contributed by atoms with Crippen LogP contribution in [0.5, 0.6) is 5.75 Å². The number of carbonyl (C=O) groups is 1. The minimum absolute atomic E-state index is 0.0191. The maximum Gasteiger partial charge on any atom is 0.387 e. The summed E-state index contributed by atoms with van der Waals surface area (Å²) in [5.74, 6) is -0.373. The monoisotopic (exact) mass is 304 g/mol. The van der Waals surface area contributed by atoms with Gasteiger partial charge in [0.1, 0.15) is 11.3 Å². The summed E-state index contributed by atoms with van der Waals surface area (Å²) in [7, 11) is 0. The van der Waals surface area contributed by atoms with Crippen molar-refractivity contribution in [3.63, 3.8) is 0 Å². The average Bonchev–Trinajstić information content (AvgIpc) is 2.93. The Kier molecular flexibility index (Phi) is 3.65. The number of benzene rings is 1. The van der Waals surface area contributed by atoms with Crippen LogP contribution in [0, 0.1) is 0 Å². The number of hydrogen-bond donors (Lipinski definition) is 1. The molecule has 2 aromatic heterocycles. The number of nitrogens with zero attached hydrogens (tertiary/aromatic N) is 3. The van der Waals surface area contributed by atoms with Gasteiger partial charge in [-0.05, 0) is 30.3 Å². The number of anilines is 1. The van der Waals surface area contributed by atoms with Crippen LogP contribution in [-0.2, 0) is 0 Å². The number of alkyl halides is 2. The van der Waals surface area contributed by atoms with E-state index >= 15 is 0 Å². The molecule has 3 rings (SSSR count). The molecule has 8 heteroatoms. The smallest absolute Gasteiger partial charge is 0.387 e. The lowest BCUT2D eigenvalue weighted by Gasteiger charge is -2.06. The highest BCUT2D eigenvalue weighted by atomic mass is 19.3. The van der Waals surface area contributed by atoms with Crippen LogP contribution < -0.4 is 10.1 Å². The third-order valence-corrected chi connectivity index (χ3v) is 2.86. The molecule has 0 aliphatic carbocycles. The molecule has 0 unspecified atom stereocenters. The summed E-state index contributed by atoms with van der Waals surface area (Å²) in [6, 6.07) is 7.32. The minimum Gasteiger partial charge on any atom is -0.435 e. The number of fused-ring (bicyclic) bond motifs is 1. The SMILES string of the molecule is O=C(Nc1ccc(OC(F)F)cc1)c1cnn2cccnc12. The van der Waals surface area contributed by atoms with Gasteiger partial charge in [0, 0.05) is 18.1 Å². The molecule has 1 aromatic carbocycles. The van der Waals surface area contributed by atoms with Crippen LogP contribution >= 0.6 is 0 Å². The van der Waals surface area contributed by atoms with Crippen LogP contribution in [0.4, 0.5) is 14.5 Å². The van der Waals surface area contributed by atoms with Crippen LogP contribution in [0.15, 0.2) is 48.9 Å². The van der Waals surface area contributed by atoms with Crippen molar-refractivity contribution in [2.75, 3.05) is 5.32 Å². The van der Waals surface area contributed by atoms with Crippen molar-refractivity contribution in [3.8, 4) is 5.75 Å². The Labute approximate surface area is 123 Å². The van der Waals surface area contributed by atoms with Crippen molar-refractivity contribution in [3.05, 3.63) is 54.5 Å². The topological polar surface area (TPSA) is 68.5 Å². The van der Waals surface area contributed by atoms with Gasteiger partial charge in [-0.15, -0.1) is 0 Å². The van der Waals surface area contributed by atoms with Gasteiger partial charge >= 0.3 is 6.61 Å². The third kappa shape index (κ3) is 2.85. The highest BCUT2D eigenvalue weighted by Crippen LogP contribution is 2.18. The molecule has 2 heterocycles. The molecule has 6 nitrogen and oxygen atoms in total. The van der Waals surface area contributed by atoms with E-state index in [4.69, 9.17) is 0 Å². The number of amides is 1. The van der Waals surface area contributed by atoms with Crippen LogP contribution in [0.25, 0.3) is 5.65 Å². The highest BCUT2D eigenvalue weighted by Gasteiger charge is 2.13. The highest BCUT2D eigenvalue weighted by molar-refractivity contribution is 6.08. The van der Waals surface area contributed by atoms with Gasteiger partial charge in [0.05, 0.1) is 6.20 Å². The first-order valence-corrected chi connectivity index (χ1v) is 6.28. The summed E-state index contributed by atoms with van der Waals surface area (Å²) in [5, 5.41) is 6.66. The Morgan fingerprint density at radius 2 is 2.05 bits per heavy atom. The lowest BCUT2D eigenvalue weighted by atomic mass is 10.2. The molecule has 0 bridgehead atoms. The van der Waals surface area contributed by atoms with Crippen LogP contribution in [0.1, 0.15) is 10.4 Å². The second-order valence-electron chi connectivity index (χ2n) is 4.30. The third-order valence-electron chi connectivity index (χ3n) is 2.86. The Hall–Kier alpha value is -3.03. The molecule has 1 N–H and O–H groups in total. The predicted octanol–water partition coefficient (Wildman–Crippen LogP) is 2.58. The zero-order valence-corrected chi connectivity index (χ0v) is 11.1. The molecule has 0 saturated carbocycles. The van der Waals surface area contributed by atoms with Crippen molar-refractivity contribution < 1.29 is 18.3 Å². The molecule has 0 aliphatic heterocycles. The van der Waals surface area contributed by atoms with E-state index in [2.05, 4.69) is 20.1 Å².